The van der Waals surface area contributed by atoms with Gasteiger partial charge in [-0.15, -0.1) is 12.4 Å². The highest BCUT2D eigenvalue weighted by Gasteiger charge is 2.33. The minimum Gasteiger partial charge on any atom is -0.394 e. The van der Waals surface area contributed by atoms with Crippen LogP contribution in [0.2, 0.25) is 0 Å². The zero-order valence-corrected chi connectivity index (χ0v) is 12.0. The molecule has 0 radical (unpaired) electrons. The van der Waals surface area contributed by atoms with Crippen LogP contribution in [0.15, 0.2) is 18.2 Å². The topological polar surface area (TPSA) is 35.5 Å². The van der Waals surface area contributed by atoms with Crippen molar-refractivity contribution in [1.29, 1.82) is 0 Å². The maximum absolute atomic E-state index is 13.8. The van der Waals surface area contributed by atoms with Crippen LogP contribution in [0, 0.1) is 5.82 Å². The Morgan fingerprint density at radius 1 is 1.24 bits per heavy atom. The summed E-state index contributed by atoms with van der Waals surface area (Å²) in [5.74, 6) is -0.726. The first-order valence-electron chi connectivity index (χ1n) is 6.35. The van der Waals surface area contributed by atoms with Crippen LogP contribution >= 0.6 is 12.4 Å². The zero-order valence-electron chi connectivity index (χ0n) is 11.2. The highest BCUT2D eigenvalue weighted by atomic mass is 35.5. The van der Waals surface area contributed by atoms with Crippen molar-refractivity contribution in [2.45, 2.75) is 12.2 Å². The van der Waals surface area contributed by atoms with E-state index in [1.165, 1.54) is 0 Å². The summed E-state index contributed by atoms with van der Waals surface area (Å²) in [6, 6.07) is 1.56. The van der Waals surface area contributed by atoms with Crippen LogP contribution in [0.3, 0.4) is 0 Å². The molecule has 1 heterocycles. The predicted octanol–water partition coefficient (Wildman–Crippen LogP) is 2.20. The van der Waals surface area contributed by atoms with Crippen molar-refractivity contribution in [1.82, 2.24) is 10.2 Å². The summed E-state index contributed by atoms with van der Waals surface area (Å²) in [4.78, 5) is 1.79. The molecule has 1 aliphatic heterocycles. The number of benzene rings is 1. The van der Waals surface area contributed by atoms with Crippen molar-refractivity contribution in [3.05, 3.63) is 35.1 Å². The van der Waals surface area contributed by atoms with Crippen LogP contribution in [0.25, 0.3) is 0 Å². The highest BCUT2D eigenvalue weighted by Crippen LogP contribution is 2.33. The van der Waals surface area contributed by atoms with Crippen LogP contribution in [0.5, 0.6) is 0 Å². The third-order valence-electron chi connectivity index (χ3n) is 3.45. The summed E-state index contributed by atoms with van der Waals surface area (Å²) in [6.07, 6.45) is -4.52. The molecule has 2 rings (SSSR count). The zero-order chi connectivity index (χ0) is 14.8. The van der Waals surface area contributed by atoms with E-state index >= 15 is 0 Å². The van der Waals surface area contributed by atoms with Crippen LogP contribution in [-0.4, -0.2) is 42.8 Å². The third-order valence-corrected chi connectivity index (χ3v) is 3.45. The van der Waals surface area contributed by atoms with Gasteiger partial charge in [0.2, 0.25) is 0 Å². The van der Waals surface area contributed by atoms with E-state index in [9.17, 15) is 22.7 Å². The number of rotatable bonds is 3. The Kier molecular flexibility index (Phi) is 6.40. The second-order valence-corrected chi connectivity index (χ2v) is 4.72. The predicted molar refractivity (Wildman–Crippen MR) is 72.9 cm³/mol. The second kappa shape index (κ2) is 7.40. The van der Waals surface area contributed by atoms with Gasteiger partial charge in [0.25, 0.3) is 0 Å². The summed E-state index contributed by atoms with van der Waals surface area (Å²) in [5, 5.41) is 12.5. The number of aliphatic hydroxyl groups excluding tert-OH is 1. The first-order valence-corrected chi connectivity index (χ1v) is 6.35. The molecule has 2 N–H and O–H groups in total. The maximum Gasteiger partial charge on any atom is 0.416 e. The fraction of sp³-hybridized carbons (Fsp3) is 0.538. The number of alkyl halides is 3. The van der Waals surface area contributed by atoms with Gasteiger partial charge in [0.05, 0.1) is 18.2 Å². The van der Waals surface area contributed by atoms with Crippen LogP contribution in [-0.2, 0) is 6.18 Å². The van der Waals surface area contributed by atoms with Crippen LogP contribution < -0.4 is 5.32 Å². The Labute approximate surface area is 126 Å². The molecule has 1 saturated heterocycles. The Morgan fingerprint density at radius 3 is 2.38 bits per heavy atom. The van der Waals surface area contributed by atoms with Gasteiger partial charge in [0.15, 0.2) is 0 Å². The molecule has 1 aliphatic rings. The summed E-state index contributed by atoms with van der Waals surface area (Å²) >= 11 is 0. The number of piperazine rings is 1. The summed E-state index contributed by atoms with van der Waals surface area (Å²) in [6.45, 7) is 2.02. The van der Waals surface area contributed by atoms with Crippen molar-refractivity contribution in [3.63, 3.8) is 0 Å². The summed E-state index contributed by atoms with van der Waals surface area (Å²) in [5.41, 5.74) is -1.01. The molecule has 8 heteroatoms. The number of aliphatic hydroxyl groups is 1. The largest absolute Gasteiger partial charge is 0.416 e. The monoisotopic (exact) mass is 328 g/mol. The molecule has 0 unspecified atom stereocenters. The Bertz CT molecular complexity index is 464. The van der Waals surface area contributed by atoms with Gasteiger partial charge in [-0.2, -0.15) is 13.2 Å². The van der Waals surface area contributed by atoms with Crippen molar-refractivity contribution in [3.8, 4) is 0 Å². The minimum atomic E-state index is -4.52. The van der Waals surface area contributed by atoms with Crippen molar-refractivity contribution in [2.24, 2.45) is 0 Å². The average molecular weight is 329 g/mol. The molecule has 1 aromatic carbocycles. The number of hydrogen-bond acceptors (Lipinski definition) is 3. The Morgan fingerprint density at radius 2 is 1.86 bits per heavy atom. The summed E-state index contributed by atoms with van der Waals surface area (Å²) < 4.78 is 51.9. The minimum absolute atomic E-state index is 0. The lowest BCUT2D eigenvalue weighted by Gasteiger charge is -2.34. The second-order valence-electron chi connectivity index (χ2n) is 4.72. The van der Waals surface area contributed by atoms with Gasteiger partial charge < -0.3 is 10.4 Å². The molecule has 3 nitrogen and oxygen atoms in total. The number of nitrogens with zero attached hydrogens (tertiary/aromatic N) is 1. The maximum atomic E-state index is 13.8. The van der Waals surface area contributed by atoms with Crippen molar-refractivity contribution < 1.29 is 22.7 Å². The normalized spacial score (nSPS) is 18.1. The van der Waals surface area contributed by atoms with Gasteiger partial charge in [0, 0.05) is 31.7 Å². The molecule has 21 heavy (non-hydrogen) atoms. The standard InChI is InChI=1S/C13H16F4N2O.ClH/c14-11-2-1-9(13(15,16)17)7-10(11)12(8-20)19-5-3-18-4-6-19;/h1-2,7,12,18,20H,3-6,8H2;1H/t12-;/m1./s1. The molecular weight excluding hydrogens is 312 g/mol. The van der Waals surface area contributed by atoms with E-state index in [-0.39, 0.29) is 18.0 Å². The van der Waals surface area contributed by atoms with Gasteiger partial charge in [-0.25, -0.2) is 4.39 Å². The van der Waals surface area contributed by atoms with Crippen molar-refractivity contribution >= 4 is 12.4 Å². The number of halogens is 5. The summed E-state index contributed by atoms with van der Waals surface area (Å²) in [7, 11) is 0. The molecule has 1 atom stereocenters. The van der Waals surface area contributed by atoms with E-state index in [2.05, 4.69) is 5.32 Å². The lowest BCUT2D eigenvalue weighted by molar-refractivity contribution is -0.137. The van der Waals surface area contributed by atoms with E-state index in [4.69, 9.17) is 0 Å². The first kappa shape index (κ1) is 18.2. The van der Waals surface area contributed by atoms with Gasteiger partial charge in [-0.05, 0) is 18.2 Å². The Hall–Kier alpha value is -0.890. The average Bonchev–Trinajstić information content (AvgIpc) is 2.41. The molecule has 1 aromatic rings. The number of nitrogens with one attached hydrogen (secondary N) is 1. The van der Waals surface area contributed by atoms with Crippen LogP contribution in [0.1, 0.15) is 17.2 Å². The lowest BCUT2D eigenvalue weighted by Crippen LogP contribution is -2.46. The van der Waals surface area contributed by atoms with Crippen LogP contribution in [0.4, 0.5) is 17.6 Å². The Balaban J connectivity index is 0.00000220. The smallest absolute Gasteiger partial charge is 0.394 e. The van der Waals surface area contributed by atoms with Gasteiger partial charge in [-0.3, -0.25) is 4.90 Å². The molecule has 0 spiro atoms. The van der Waals surface area contributed by atoms with E-state index < -0.39 is 30.2 Å². The molecule has 0 aliphatic carbocycles. The molecular formula is C13H17ClF4N2O. The first-order chi connectivity index (χ1) is 9.43. The third kappa shape index (κ3) is 4.29. The van der Waals surface area contributed by atoms with E-state index in [1.54, 1.807) is 4.90 Å². The highest BCUT2D eigenvalue weighted by molar-refractivity contribution is 5.85. The molecule has 0 aromatic heterocycles. The molecule has 0 amide bonds. The SMILES string of the molecule is Cl.OC[C@H](c1cc(C(F)(F)F)ccc1F)N1CCNCC1. The van der Waals surface area contributed by atoms with E-state index in [0.29, 0.717) is 32.2 Å². The van der Waals surface area contributed by atoms with Gasteiger partial charge in [-0.1, -0.05) is 0 Å². The molecule has 0 bridgehead atoms. The molecule has 0 saturated carbocycles. The van der Waals surface area contributed by atoms with Crippen molar-refractivity contribution in [2.75, 3.05) is 32.8 Å². The quantitative estimate of drug-likeness (QED) is 0.835. The van der Waals surface area contributed by atoms with E-state index in [0.717, 1.165) is 12.1 Å². The van der Waals surface area contributed by atoms with Gasteiger partial charge in [0.1, 0.15) is 5.82 Å². The number of hydrogen-bond donors (Lipinski definition) is 2. The molecule has 1 fully saturated rings. The fourth-order valence-electron chi connectivity index (χ4n) is 2.38. The van der Waals surface area contributed by atoms with Gasteiger partial charge >= 0.3 is 6.18 Å². The molecule has 120 valence electrons. The lowest BCUT2D eigenvalue weighted by atomic mass is 10.0. The van der Waals surface area contributed by atoms with E-state index in [1.807, 2.05) is 0 Å². The fourth-order valence-corrected chi connectivity index (χ4v) is 2.38.